The molecule has 12 heteroatoms. The lowest BCUT2D eigenvalue weighted by Gasteiger charge is -2.32. The lowest BCUT2D eigenvalue weighted by Crippen LogP contribution is -2.43. The highest BCUT2D eigenvalue weighted by Gasteiger charge is 2.27. The summed E-state index contributed by atoms with van der Waals surface area (Å²) < 4.78 is 11.2. The number of fused-ring (bicyclic) bond motifs is 1. The Balaban J connectivity index is 1.26. The fraction of sp³-hybridized carbons (Fsp3) is 0.212. The molecule has 0 bridgehead atoms. The second kappa shape index (κ2) is 13.0. The summed E-state index contributed by atoms with van der Waals surface area (Å²) in [7, 11) is 2.07. The van der Waals surface area contributed by atoms with Crippen LogP contribution < -0.4 is 20.1 Å². The zero-order valence-electron chi connectivity index (χ0n) is 24.8. The van der Waals surface area contributed by atoms with Gasteiger partial charge in [0.25, 0.3) is 5.91 Å². The van der Waals surface area contributed by atoms with Crippen LogP contribution in [0.25, 0.3) is 11.3 Å². The normalized spacial score (nSPS) is 16.0. The number of rotatable bonds is 7. The number of ether oxygens (including phenoxy) is 2. The quantitative estimate of drug-likeness (QED) is 0.234. The van der Waals surface area contributed by atoms with Crippen LogP contribution in [0.2, 0.25) is 0 Å². The molecule has 2 aromatic carbocycles. The molecule has 0 saturated carbocycles. The molecule has 2 aromatic heterocycles. The van der Waals surface area contributed by atoms with E-state index in [-0.39, 0.29) is 17.1 Å². The van der Waals surface area contributed by atoms with E-state index in [9.17, 15) is 14.4 Å². The van der Waals surface area contributed by atoms with Crippen LogP contribution in [0.4, 0.5) is 17.3 Å². The largest absolute Gasteiger partial charge is 0.419 e. The molecule has 1 saturated heterocycles. The van der Waals surface area contributed by atoms with E-state index in [1.807, 2.05) is 25.1 Å². The van der Waals surface area contributed by atoms with Gasteiger partial charge in [0.05, 0.1) is 11.3 Å². The van der Waals surface area contributed by atoms with Gasteiger partial charge in [-0.1, -0.05) is 12.1 Å². The van der Waals surface area contributed by atoms with Gasteiger partial charge < -0.3 is 25.0 Å². The number of aromatic nitrogens is 3. The Morgan fingerprint density at radius 1 is 0.933 bits per heavy atom. The number of pyridine rings is 1. The van der Waals surface area contributed by atoms with Gasteiger partial charge in [0.2, 0.25) is 5.95 Å². The lowest BCUT2D eigenvalue weighted by molar-refractivity contribution is -0.133. The number of aryl methyl sites for hydroxylation is 1. The average Bonchev–Trinajstić information content (AvgIpc) is 3.04. The van der Waals surface area contributed by atoms with Crippen molar-refractivity contribution in [2.45, 2.75) is 13.5 Å². The Morgan fingerprint density at radius 3 is 2.47 bits per heavy atom. The van der Waals surface area contributed by atoms with Crippen molar-refractivity contribution >= 4 is 35.2 Å². The minimum Gasteiger partial charge on any atom is -0.419 e. The molecule has 0 radical (unpaired) electrons. The molecule has 1 fully saturated rings. The molecular formula is C33H31N7O5. The fourth-order valence-corrected chi connectivity index (χ4v) is 5.02. The van der Waals surface area contributed by atoms with Gasteiger partial charge in [-0.2, -0.15) is 0 Å². The van der Waals surface area contributed by atoms with Crippen molar-refractivity contribution < 1.29 is 23.9 Å². The molecule has 0 unspecified atom stereocenters. The van der Waals surface area contributed by atoms with Gasteiger partial charge in [0, 0.05) is 86.0 Å². The maximum atomic E-state index is 13.6. The van der Waals surface area contributed by atoms with Crippen LogP contribution in [0.1, 0.15) is 21.5 Å². The molecule has 2 aliphatic heterocycles. The van der Waals surface area contributed by atoms with E-state index in [1.54, 1.807) is 48.9 Å². The summed E-state index contributed by atoms with van der Waals surface area (Å²) in [5.41, 5.74) is 4.30. The van der Waals surface area contributed by atoms with E-state index in [0.717, 1.165) is 49.5 Å². The number of likely N-dealkylation sites (N-methyl/N-ethyl adjacent to an activating group) is 1. The maximum absolute atomic E-state index is 13.6. The number of hydrogen-bond donors (Lipinski definition) is 2. The monoisotopic (exact) mass is 605 g/mol. The highest BCUT2D eigenvalue weighted by atomic mass is 16.6. The first-order valence-electron chi connectivity index (χ1n) is 14.4. The second-order valence-electron chi connectivity index (χ2n) is 10.8. The number of nitrogens with zero attached hydrogens (tertiary/aromatic N) is 5. The molecule has 12 nitrogen and oxygen atoms in total. The summed E-state index contributed by atoms with van der Waals surface area (Å²) in [4.78, 5) is 56.1. The van der Waals surface area contributed by atoms with E-state index < -0.39 is 17.8 Å². The van der Waals surface area contributed by atoms with Crippen molar-refractivity contribution in [3.63, 3.8) is 0 Å². The predicted octanol–water partition coefficient (Wildman–Crippen LogP) is 3.97. The van der Waals surface area contributed by atoms with E-state index in [1.165, 1.54) is 0 Å². The molecule has 45 heavy (non-hydrogen) atoms. The smallest absolute Gasteiger partial charge is 0.336 e. The summed E-state index contributed by atoms with van der Waals surface area (Å²) in [6, 6.07) is 14.2. The summed E-state index contributed by atoms with van der Waals surface area (Å²) in [6.07, 6.45) is 7.06. The number of carbonyl (C=O) groups excluding carboxylic acids is 3. The van der Waals surface area contributed by atoms with Crippen LogP contribution in [0, 0.1) is 6.92 Å². The maximum Gasteiger partial charge on any atom is 0.336 e. The van der Waals surface area contributed by atoms with Crippen molar-refractivity contribution in [1.82, 2.24) is 24.8 Å². The predicted molar refractivity (Wildman–Crippen MR) is 167 cm³/mol. The Kier molecular flexibility index (Phi) is 8.58. The number of carbonyl (C=O) groups is 3. The highest BCUT2D eigenvalue weighted by Crippen LogP contribution is 2.38. The zero-order valence-corrected chi connectivity index (χ0v) is 24.8. The third-order valence-corrected chi connectivity index (χ3v) is 7.54. The summed E-state index contributed by atoms with van der Waals surface area (Å²) in [5.74, 6) is -1.73. The van der Waals surface area contributed by atoms with Crippen molar-refractivity contribution in [1.29, 1.82) is 0 Å². The van der Waals surface area contributed by atoms with Crippen LogP contribution in [-0.4, -0.2) is 75.8 Å². The average molecular weight is 606 g/mol. The molecule has 0 spiro atoms. The minimum absolute atomic E-state index is 0.0474. The van der Waals surface area contributed by atoms with Gasteiger partial charge in [-0.15, -0.1) is 0 Å². The first kappa shape index (κ1) is 29.6. The SMILES string of the molecule is Cc1ccc(NC(=O)c2ccc(CN3CCN(C)CC3)c3c2OC(=O)/C=C\C(=O)O3)cc1Nc1nccc(-c2cccnc2)n1. The van der Waals surface area contributed by atoms with Crippen molar-refractivity contribution in [3.05, 3.63) is 96.0 Å². The minimum atomic E-state index is -0.783. The third-order valence-electron chi connectivity index (χ3n) is 7.54. The fourth-order valence-electron chi connectivity index (χ4n) is 5.02. The van der Waals surface area contributed by atoms with Gasteiger partial charge >= 0.3 is 11.9 Å². The van der Waals surface area contributed by atoms with E-state index in [4.69, 9.17) is 9.47 Å². The van der Waals surface area contributed by atoms with Crippen LogP contribution in [-0.2, 0) is 16.1 Å². The highest BCUT2D eigenvalue weighted by molar-refractivity contribution is 6.08. The second-order valence-corrected chi connectivity index (χ2v) is 10.8. The Morgan fingerprint density at radius 2 is 1.71 bits per heavy atom. The number of benzene rings is 2. The van der Waals surface area contributed by atoms with Gasteiger partial charge in [-0.25, -0.2) is 19.6 Å². The van der Waals surface area contributed by atoms with Crippen LogP contribution in [0.5, 0.6) is 11.5 Å². The standard InChI is InChI=1S/C33H31N7O5/c1-21-5-7-24(18-27(21)38-33-35-13-11-26(37-33)22-4-3-12-34-19-22)36-32(43)25-8-6-23(20-40-16-14-39(2)15-17-40)30-31(25)45-29(42)10-9-28(41)44-30/h3-13,18-19H,14-17,20H2,1-2H3,(H,36,43)(H,35,37,38)/b10-9-. The van der Waals surface area contributed by atoms with Crippen LogP contribution >= 0.6 is 0 Å². The first-order chi connectivity index (χ1) is 21.8. The van der Waals surface area contributed by atoms with E-state index in [0.29, 0.717) is 35.1 Å². The number of esters is 2. The number of amides is 1. The van der Waals surface area contributed by atoms with Crippen LogP contribution in [0.3, 0.4) is 0 Å². The molecule has 2 N–H and O–H groups in total. The summed E-state index contributed by atoms with van der Waals surface area (Å²) in [6.45, 7) is 5.82. The van der Waals surface area contributed by atoms with Gasteiger partial charge in [0.1, 0.15) is 0 Å². The molecule has 4 heterocycles. The molecular weight excluding hydrogens is 574 g/mol. The number of hydrogen-bond acceptors (Lipinski definition) is 11. The van der Waals surface area contributed by atoms with Gasteiger partial charge in [0.15, 0.2) is 11.5 Å². The zero-order chi connectivity index (χ0) is 31.3. The van der Waals surface area contributed by atoms with Crippen molar-refractivity contribution in [3.8, 4) is 22.8 Å². The van der Waals surface area contributed by atoms with E-state index >= 15 is 0 Å². The Labute approximate surface area is 259 Å². The number of piperazine rings is 1. The Hall–Kier alpha value is -5.46. The topological polar surface area (TPSA) is 139 Å². The molecule has 6 rings (SSSR count). The summed E-state index contributed by atoms with van der Waals surface area (Å²) in [5, 5.41) is 6.10. The molecule has 2 aliphatic rings. The van der Waals surface area contributed by atoms with Crippen molar-refractivity contribution in [2.24, 2.45) is 0 Å². The molecule has 4 aromatic rings. The summed E-state index contributed by atoms with van der Waals surface area (Å²) >= 11 is 0. The number of anilines is 3. The van der Waals surface area contributed by atoms with Crippen LogP contribution in [0.15, 0.2) is 79.3 Å². The third kappa shape index (κ3) is 7.03. The van der Waals surface area contributed by atoms with Crippen molar-refractivity contribution in [2.75, 3.05) is 43.9 Å². The van der Waals surface area contributed by atoms with Gasteiger partial charge in [-0.3, -0.25) is 14.7 Å². The van der Waals surface area contributed by atoms with Gasteiger partial charge in [-0.05, 0) is 55.9 Å². The van der Waals surface area contributed by atoms with E-state index in [2.05, 4.69) is 42.4 Å². The number of nitrogens with one attached hydrogen (secondary N) is 2. The molecule has 0 atom stereocenters. The molecule has 1 amide bonds. The molecule has 228 valence electrons. The Bertz CT molecular complexity index is 1790. The molecule has 0 aliphatic carbocycles. The first-order valence-corrected chi connectivity index (χ1v) is 14.4. The lowest BCUT2D eigenvalue weighted by atomic mass is 10.1.